The number of hydrogen-bond donors (Lipinski definition) is 1. The molecule has 3 atom stereocenters. The highest BCUT2D eigenvalue weighted by molar-refractivity contribution is 6.50. The summed E-state index contributed by atoms with van der Waals surface area (Å²) in [5.74, 6) is 0. The van der Waals surface area contributed by atoms with E-state index in [1.807, 2.05) is 0 Å². The van der Waals surface area contributed by atoms with Crippen LogP contribution in [-0.2, 0) is 0 Å². The fourth-order valence-electron chi connectivity index (χ4n) is 1.47. The summed E-state index contributed by atoms with van der Waals surface area (Å²) < 4.78 is 39.0. The van der Waals surface area contributed by atoms with Gasteiger partial charge >= 0.3 is 7.25 Å². The van der Waals surface area contributed by atoms with Crippen LogP contribution in [0.15, 0.2) is 0 Å². The molecule has 0 saturated carbocycles. The van der Waals surface area contributed by atoms with Gasteiger partial charge in [0.05, 0.1) is 13.1 Å². The lowest BCUT2D eigenvalue weighted by Gasteiger charge is -2.12. The van der Waals surface area contributed by atoms with Crippen LogP contribution in [0.5, 0.6) is 0 Å². The van der Waals surface area contributed by atoms with E-state index in [0.29, 0.717) is 0 Å². The molecule has 0 bridgehead atoms. The molecule has 1 rings (SSSR count). The van der Waals surface area contributed by atoms with Crippen LogP contribution in [-0.4, -0.2) is 45.0 Å². The summed E-state index contributed by atoms with van der Waals surface area (Å²) in [6.45, 7) is 5.80. The van der Waals surface area contributed by atoms with Gasteiger partial charge in [0.1, 0.15) is 12.7 Å². The fourth-order valence-corrected chi connectivity index (χ4v) is 1.47. The summed E-state index contributed by atoms with van der Waals surface area (Å²) >= 11 is 0. The Kier molecular flexibility index (Phi) is 4.87. The van der Waals surface area contributed by atoms with E-state index in [0.717, 1.165) is 12.1 Å². The number of nitrogens with one attached hydrogen (secondary N) is 1. The molecular formula is C7H17BF4N2. The van der Waals surface area contributed by atoms with Crippen molar-refractivity contribution in [1.29, 1.82) is 0 Å². The lowest BCUT2D eigenvalue weighted by Crippen LogP contribution is -3.11. The van der Waals surface area contributed by atoms with E-state index in [-0.39, 0.29) is 0 Å². The highest BCUT2D eigenvalue weighted by Gasteiger charge is 2.32. The van der Waals surface area contributed by atoms with Crippen molar-refractivity contribution in [2.24, 2.45) is 0 Å². The molecule has 3 unspecified atom stereocenters. The molecule has 0 spiro atoms. The van der Waals surface area contributed by atoms with Gasteiger partial charge in [-0.15, -0.1) is 0 Å². The first kappa shape index (κ1) is 13.7. The monoisotopic (exact) mass is 216 g/mol. The molecule has 0 aliphatic carbocycles. The second kappa shape index (κ2) is 4.98. The van der Waals surface area contributed by atoms with Gasteiger partial charge in [0.2, 0.25) is 0 Å². The van der Waals surface area contributed by atoms with Crippen molar-refractivity contribution in [1.82, 2.24) is 4.90 Å². The van der Waals surface area contributed by atoms with Gasteiger partial charge < -0.3 is 22.2 Å². The average molecular weight is 216 g/mol. The number of hydrogen-bond acceptors (Lipinski definition) is 1. The zero-order chi connectivity index (χ0) is 11.5. The van der Waals surface area contributed by atoms with Crippen LogP contribution in [0.1, 0.15) is 13.8 Å². The third kappa shape index (κ3) is 5.44. The predicted molar refractivity (Wildman–Crippen MR) is 48.6 cm³/mol. The summed E-state index contributed by atoms with van der Waals surface area (Å²) in [6, 6.07) is 1.56. The van der Waals surface area contributed by atoms with Gasteiger partial charge in [-0.3, -0.25) is 4.90 Å². The van der Waals surface area contributed by atoms with Crippen LogP contribution in [0.4, 0.5) is 17.3 Å². The smallest absolute Gasteiger partial charge is 0.418 e. The van der Waals surface area contributed by atoms with Crippen molar-refractivity contribution in [3.05, 3.63) is 0 Å². The van der Waals surface area contributed by atoms with Crippen molar-refractivity contribution < 1.29 is 22.2 Å². The van der Waals surface area contributed by atoms with E-state index in [4.69, 9.17) is 0 Å². The third-order valence-electron chi connectivity index (χ3n) is 2.69. The zero-order valence-corrected chi connectivity index (χ0v) is 8.90. The standard InChI is InChI=1S/C7H16N2.BF4/c1-6-7(2)9(4)5-8(6)3;2-1(3,4)5/h6-7H,5H2,1-4H3;/q;-1/p+1. The summed E-state index contributed by atoms with van der Waals surface area (Å²) in [5.41, 5.74) is 0. The van der Waals surface area contributed by atoms with E-state index >= 15 is 0 Å². The van der Waals surface area contributed by atoms with Gasteiger partial charge in [-0.05, 0) is 20.9 Å². The summed E-state index contributed by atoms with van der Waals surface area (Å²) in [5, 5.41) is 0. The van der Waals surface area contributed by atoms with E-state index in [2.05, 4.69) is 32.8 Å². The maximum Gasteiger partial charge on any atom is 0.673 e. The lowest BCUT2D eigenvalue weighted by atomic mass is 10.2. The number of nitrogens with zero attached hydrogens (tertiary/aromatic N) is 1. The van der Waals surface area contributed by atoms with Crippen LogP contribution < -0.4 is 4.90 Å². The van der Waals surface area contributed by atoms with Crippen molar-refractivity contribution in [3.8, 4) is 0 Å². The summed E-state index contributed by atoms with van der Waals surface area (Å²) in [7, 11) is -1.55. The Balaban J connectivity index is 0.000000292. The number of quaternary nitrogens is 1. The first-order valence-corrected chi connectivity index (χ1v) is 4.52. The lowest BCUT2D eigenvalue weighted by molar-refractivity contribution is -0.894. The molecule has 14 heavy (non-hydrogen) atoms. The largest absolute Gasteiger partial charge is 0.673 e. The molecule has 1 aliphatic rings. The minimum absolute atomic E-state index is 0.755. The number of halogens is 4. The summed E-state index contributed by atoms with van der Waals surface area (Å²) in [6.07, 6.45) is 0. The predicted octanol–water partition coefficient (Wildman–Crippen LogP) is 0.481. The quantitative estimate of drug-likeness (QED) is 0.457. The topological polar surface area (TPSA) is 7.68 Å². The van der Waals surface area contributed by atoms with Crippen molar-refractivity contribution in [2.45, 2.75) is 25.9 Å². The second-order valence-electron chi connectivity index (χ2n) is 3.79. The normalized spacial score (nSPS) is 33.9. The van der Waals surface area contributed by atoms with Crippen LogP contribution in [0.25, 0.3) is 0 Å². The van der Waals surface area contributed by atoms with Crippen LogP contribution in [0, 0.1) is 0 Å². The minimum Gasteiger partial charge on any atom is -0.418 e. The Hall–Kier alpha value is -0.295. The Labute approximate surface area is 82.0 Å². The maximum atomic E-state index is 9.75. The van der Waals surface area contributed by atoms with Gasteiger partial charge in [-0.1, -0.05) is 0 Å². The molecule has 1 fully saturated rings. The Morgan fingerprint density at radius 2 is 1.57 bits per heavy atom. The van der Waals surface area contributed by atoms with E-state index in [9.17, 15) is 17.3 Å². The van der Waals surface area contributed by atoms with Gasteiger partial charge in [0.15, 0.2) is 0 Å². The molecule has 0 aromatic rings. The van der Waals surface area contributed by atoms with Gasteiger partial charge in [-0.2, -0.15) is 0 Å². The first-order chi connectivity index (χ1) is 6.13. The van der Waals surface area contributed by atoms with Crippen LogP contribution >= 0.6 is 0 Å². The Morgan fingerprint density at radius 3 is 1.64 bits per heavy atom. The highest BCUT2D eigenvalue weighted by Crippen LogP contribution is 2.06. The fraction of sp³-hybridized carbons (Fsp3) is 1.00. The molecule has 1 aliphatic heterocycles. The van der Waals surface area contributed by atoms with E-state index < -0.39 is 7.25 Å². The third-order valence-corrected chi connectivity index (χ3v) is 2.69. The molecule has 7 heteroatoms. The molecule has 1 N–H and O–H groups in total. The Morgan fingerprint density at radius 1 is 1.21 bits per heavy atom. The average Bonchev–Trinajstić information content (AvgIpc) is 2.14. The van der Waals surface area contributed by atoms with Crippen molar-refractivity contribution in [2.75, 3.05) is 20.8 Å². The molecule has 0 amide bonds. The van der Waals surface area contributed by atoms with Gasteiger partial charge in [0, 0.05) is 0 Å². The molecule has 0 radical (unpaired) electrons. The molecule has 1 saturated heterocycles. The van der Waals surface area contributed by atoms with E-state index in [1.54, 1.807) is 4.90 Å². The molecule has 86 valence electrons. The van der Waals surface area contributed by atoms with E-state index in [1.165, 1.54) is 6.67 Å². The maximum absolute atomic E-state index is 9.75. The first-order valence-electron chi connectivity index (χ1n) is 4.52. The zero-order valence-electron chi connectivity index (χ0n) is 8.90. The van der Waals surface area contributed by atoms with Crippen molar-refractivity contribution >= 4 is 7.25 Å². The van der Waals surface area contributed by atoms with Gasteiger partial charge in [-0.25, -0.2) is 0 Å². The summed E-state index contributed by atoms with van der Waals surface area (Å²) in [4.78, 5) is 4.03. The molecule has 0 aromatic carbocycles. The van der Waals surface area contributed by atoms with Gasteiger partial charge in [0.25, 0.3) is 0 Å². The van der Waals surface area contributed by atoms with Crippen LogP contribution in [0.2, 0.25) is 0 Å². The molecular weight excluding hydrogens is 199 g/mol. The second-order valence-corrected chi connectivity index (χ2v) is 3.79. The molecule has 1 heterocycles. The van der Waals surface area contributed by atoms with Crippen LogP contribution in [0.3, 0.4) is 0 Å². The minimum atomic E-state index is -6.00. The van der Waals surface area contributed by atoms with Crippen molar-refractivity contribution in [3.63, 3.8) is 0 Å². The number of likely N-dealkylation sites (N-methyl/N-ethyl adjacent to an activating group) is 2. The number of rotatable bonds is 0. The Bertz CT molecular complexity index is 158. The molecule has 0 aromatic heterocycles. The molecule has 2 nitrogen and oxygen atoms in total. The SMILES string of the molecule is CC1C(C)[NH+](C)CN1C.F[B-](F)(F)F. The highest BCUT2D eigenvalue weighted by atomic mass is 19.5.